The second-order valence-corrected chi connectivity index (χ2v) is 5.88. The first-order valence-corrected chi connectivity index (χ1v) is 8.56. The molecule has 1 aromatic carbocycles. The SMILES string of the molecule is CCCCN(C)C(=O)c1cc(NCCCc2ccccc2)ncn1. The predicted octanol–water partition coefficient (Wildman–Crippen LogP) is 3.39. The maximum absolute atomic E-state index is 12.3. The van der Waals surface area contributed by atoms with Crippen LogP contribution < -0.4 is 5.32 Å². The molecule has 5 heteroatoms. The number of anilines is 1. The van der Waals surface area contributed by atoms with Crippen LogP contribution in [0.1, 0.15) is 42.2 Å². The van der Waals surface area contributed by atoms with Gasteiger partial charge < -0.3 is 10.2 Å². The summed E-state index contributed by atoms with van der Waals surface area (Å²) in [4.78, 5) is 22.3. The molecule has 0 atom stereocenters. The van der Waals surface area contributed by atoms with Gasteiger partial charge in [0.2, 0.25) is 0 Å². The molecule has 0 aliphatic heterocycles. The summed E-state index contributed by atoms with van der Waals surface area (Å²) in [5, 5.41) is 3.27. The highest BCUT2D eigenvalue weighted by Gasteiger charge is 2.13. The van der Waals surface area contributed by atoms with Crippen LogP contribution in [0.4, 0.5) is 5.82 Å². The van der Waals surface area contributed by atoms with E-state index < -0.39 is 0 Å². The number of unbranched alkanes of at least 4 members (excludes halogenated alkanes) is 1. The van der Waals surface area contributed by atoms with E-state index in [0.29, 0.717) is 11.5 Å². The van der Waals surface area contributed by atoms with E-state index in [9.17, 15) is 4.79 Å². The summed E-state index contributed by atoms with van der Waals surface area (Å²) >= 11 is 0. The normalized spacial score (nSPS) is 10.4. The van der Waals surface area contributed by atoms with E-state index in [1.807, 2.05) is 13.1 Å². The standard InChI is InChI=1S/C19H26N4O/c1-3-4-13-23(2)19(24)17-14-18(22-15-21-17)20-12-8-11-16-9-6-5-7-10-16/h5-7,9-10,14-15H,3-4,8,11-13H2,1-2H3,(H,20,21,22). The lowest BCUT2D eigenvalue weighted by molar-refractivity contribution is 0.0787. The number of nitrogens with one attached hydrogen (secondary N) is 1. The zero-order valence-corrected chi connectivity index (χ0v) is 14.5. The first kappa shape index (κ1) is 17.9. The molecular formula is C19H26N4O. The second kappa shape index (κ2) is 9.65. The van der Waals surface area contributed by atoms with Gasteiger partial charge in [0.25, 0.3) is 5.91 Å². The van der Waals surface area contributed by atoms with Gasteiger partial charge in [-0.15, -0.1) is 0 Å². The van der Waals surface area contributed by atoms with Gasteiger partial charge in [0.15, 0.2) is 0 Å². The number of hydrogen-bond acceptors (Lipinski definition) is 4. The van der Waals surface area contributed by atoms with Gasteiger partial charge in [-0.05, 0) is 24.8 Å². The molecule has 0 aliphatic rings. The maximum atomic E-state index is 12.3. The minimum atomic E-state index is -0.0572. The highest BCUT2D eigenvalue weighted by molar-refractivity contribution is 5.92. The predicted molar refractivity (Wildman–Crippen MR) is 97.2 cm³/mol. The highest BCUT2D eigenvalue weighted by Crippen LogP contribution is 2.08. The van der Waals surface area contributed by atoms with E-state index in [-0.39, 0.29) is 5.91 Å². The van der Waals surface area contributed by atoms with Crippen LogP contribution in [0.25, 0.3) is 0 Å². The van der Waals surface area contributed by atoms with Crippen molar-refractivity contribution in [3.05, 3.63) is 54.0 Å². The van der Waals surface area contributed by atoms with Gasteiger partial charge in [-0.1, -0.05) is 43.7 Å². The lowest BCUT2D eigenvalue weighted by Gasteiger charge is -2.16. The molecule has 0 spiro atoms. The third-order valence-electron chi connectivity index (χ3n) is 3.87. The molecule has 1 amide bonds. The van der Waals surface area contributed by atoms with Gasteiger partial charge in [-0.25, -0.2) is 9.97 Å². The molecule has 0 radical (unpaired) electrons. The molecule has 0 saturated carbocycles. The molecule has 0 bridgehead atoms. The topological polar surface area (TPSA) is 58.1 Å². The Morgan fingerprint density at radius 3 is 2.71 bits per heavy atom. The van der Waals surface area contributed by atoms with E-state index in [0.717, 1.165) is 38.8 Å². The minimum Gasteiger partial charge on any atom is -0.370 e. The summed E-state index contributed by atoms with van der Waals surface area (Å²) in [6.45, 7) is 3.67. The quantitative estimate of drug-likeness (QED) is 0.718. The molecule has 2 rings (SSSR count). The van der Waals surface area contributed by atoms with Crippen LogP contribution >= 0.6 is 0 Å². The summed E-state index contributed by atoms with van der Waals surface area (Å²) in [5.41, 5.74) is 1.77. The highest BCUT2D eigenvalue weighted by atomic mass is 16.2. The van der Waals surface area contributed by atoms with Gasteiger partial charge in [-0.2, -0.15) is 0 Å². The van der Waals surface area contributed by atoms with Crippen molar-refractivity contribution in [3.8, 4) is 0 Å². The summed E-state index contributed by atoms with van der Waals surface area (Å²) in [5.74, 6) is 0.642. The monoisotopic (exact) mass is 326 g/mol. The average molecular weight is 326 g/mol. The minimum absolute atomic E-state index is 0.0572. The average Bonchev–Trinajstić information content (AvgIpc) is 2.63. The van der Waals surface area contributed by atoms with Crippen LogP contribution in [0, 0.1) is 0 Å². The summed E-state index contributed by atoms with van der Waals surface area (Å²) < 4.78 is 0. The lowest BCUT2D eigenvalue weighted by atomic mass is 10.1. The lowest BCUT2D eigenvalue weighted by Crippen LogP contribution is -2.28. The third-order valence-corrected chi connectivity index (χ3v) is 3.87. The number of hydrogen-bond donors (Lipinski definition) is 1. The molecule has 5 nitrogen and oxygen atoms in total. The van der Waals surface area contributed by atoms with Gasteiger partial charge >= 0.3 is 0 Å². The van der Waals surface area contributed by atoms with Crippen LogP contribution in [0.5, 0.6) is 0 Å². The molecule has 1 aromatic heterocycles. The Bertz CT molecular complexity index is 630. The molecule has 128 valence electrons. The second-order valence-electron chi connectivity index (χ2n) is 5.88. The zero-order valence-electron chi connectivity index (χ0n) is 14.5. The fourth-order valence-corrected chi connectivity index (χ4v) is 2.42. The van der Waals surface area contributed by atoms with Crippen molar-refractivity contribution in [2.24, 2.45) is 0 Å². The summed E-state index contributed by atoms with van der Waals surface area (Å²) in [6.07, 6.45) is 5.53. The van der Waals surface area contributed by atoms with E-state index in [4.69, 9.17) is 0 Å². The van der Waals surface area contributed by atoms with Crippen LogP contribution in [0.3, 0.4) is 0 Å². The van der Waals surface area contributed by atoms with Gasteiger partial charge in [0.1, 0.15) is 17.8 Å². The molecule has 0 fully saturated rings. The van der Waals surface area contributed by atoms with Crippen molar-refractivity contribution in [1.82, 2.24) is 14.9 Å². The van der Waals surface area contributed by atoms with E-state index in [1.165, 1.54) is 11.9 Å². The Labute approximate surface area is 144 Å². The number of amides is 1. The van der Waals surface area contributed by atoms with E-state index in [1.54, 1.807) is 11.0 Å². The smallest absolute Gasteiger partial charge is 0.272 e. The Morgan fingerprint density at radius 2 is 1.96 bits per heavy atom. The largest absolute Gasteiger partial charge is 0.370 e. The van der Waals surface area contributed by atoms with Crippen molar-refractivity contribution >= 4 is 11.7 Å². The zero-order chi connectivity index (χ0) is 17.2. The van der Waals surface area contributed by atoms with Crippen molar-refractivity contribution in [1.29, 1.82) is 0 Å². The van der Waals surface area contributed by atoms with Crippen LogP contribution in [-0.4, -0.2) is 40.9 Å². The number of rotatable bonds is 9. The Morgan fingerprint density at radius 1 is 1.17 bits per heavy atom. The number of aryl methyl sites for hydroxylation is 1. The van der Waals surface area contributed by atoms with Crippen molar-refractivity contribution in [3.63, 3.8) is 0 Å². The summed E-state index contributed by atoms with van der Waals surface area (Å²) in [6, 6.07) is 12.1. The molecular weight excluding hydrogens is 300 g/mol. The molecule has 0 aliphatic carbocycles. The first-order chi connectivity index (χ1) is 11.7. The fourth-order valence-electron chi connectivity index (χ4n) is 2.42. The maximum Gasteiger partial charge on any atom is 0.272 e. The molecule has 2 aromatic rings. The number of carbonyl (C=O) groups excluding carboxylic acids is 1. The van der Waals surface area contributed by atoms with Crippen LogP contribution in [-0.2, 0) is 6.42 Å². The number of aromatic nitrogens is 2. The van der Waals surface area contributed by atoms with Gasteiger partial charge in [-0.3, -0.25) is 4.79 Å². The summed E-state index contributed by atoms with van der Waals surface area (Å²) in [7, 11) is 1.81. The molecule has 0 unspecified atom stereocenters. The van der Waals surface area contributed by atoms with Crippen molar-refractivity contribution < 1.29 is 4.79 Å². The van der Waals surface area contributed by atoms with E-state index in [2.05, 4.69) is 46.5 Å². The van der Waals surface area contributed by atoms with E-state index >= 15 is 0 Å². The first-order valence-electron chi connectivity index (χ1n) is 8.56. The molecule has 0 saturated heterocycles. The Kier molecular flexibility index (Phi) is 7.21. The molecule has 1 heterocycles. The van der Waals surface area contributed by atoms with Crippen molar-refractivity contribution in [2.45, 2.75) is 32.6 Å². The number of nitrogens with zero attached hydrogens (tertiary/aromatic N) is 3. The fraction of sp³-hybridized carbons (Fsp3) is 0.421. The molecule has 24 heavy (non-hydrogen) atoms. The number of benzene rings is 1. The number of carbonyl (C=O) groups is 1. The Hall–Kier alpha value is -2.43. The van der Waals surface area contributed by atoms with Crippen LogP contribution in [0.15, 0.2) is 42.7 Å². The Balaban J connectivity index is 1.82. The van der Waals surface area contributed by atoms with Crippen molar-refractivity contribution in [2.75, 3.05) is 25.5 Å². The van der Waals surface area contributed by atoms with Crippen LogP contribution in [0.2, 0.25) is 0 Å². The third kappa shape index (κ3) is 5.65. The molecule has 1 N–H and O–H groups in total. The van der Waals surface area contributed by atoms with Gasteiger partial charge in [0, 0.05) is 26.2 Å². The van der Waals surface area contributed by atoms with Gasteiger partial charge in [0.05, 0.1) is 0 Å².